The van der Waals surface area contributed by atoms with Crippen LogP contribution in [-0.4, -0.2) is 66.4 Å². The fourth-order valence-corrected chi connectivity index (χ4v) is 3.28. The van der Waals surface area contributed by atoms with E-state index in [1.54, 1.807) is 0 Å². The second-order valence-electron chi connectivity index (χ2n) is 7.03. The number of likely N-dealkylation sites (tertiary alicyclic amines) is 1. The topological polar surface area (TPSA) is 35.9 Å². The van der Waals surface area contributed by atoms with Crippen LogP contribution in [0.3, 0.4) is 0 Å². The molecule has 1 heterocycles. The number of rotatable bonds is 7. The number of ether oxygens (including phenoxy) is 1. The van der Waals surface area contributed by atoms with E-state index in [2.05, 4.69) is 30.7 Å². The van der Waals surface area contributed by atoms with Crippen LogP contribution in [0.2, 0.25) is 0 Å². The molecular weight excluding hydrogens is 288 g/mol. The van der Waals surface area contributed by atoms with Gasteiger partial charge >= 0.3 is 0 Å². The summed E-state index contributed by atoms with van der Waals surface area (Å²) in [5, 5.41) is 10.3. The number of benzene rings is 1. The molecule has 1 saturated heterocycles. The van der Waals surface area contributed by atoms with Crippen molar-refractivity contribution >= 4 is 0 Å². The molecule has 0 radical (unpaired) electrons. The highest BCUT2D eigenvalue weighted by Crippen LogP contribution is 2.18. The van der Waals surface area contributed by atoms with Crippen LogP contribution in [0.1, 0.15) is 32.3 Å². The van der Waals surface area contributed by atoms with Gasteiger partial charge in [0.05, 0.1) is 0 Å². The number of para-hydroxylation sites is 1. The average molecular weight is 320 g/mol. The molecule has 1 atom stereocenters. The largest absolute Gasteiger partial charge is 0.491 e. The van der Waals surface area contributed by atoms with Crippen LogP contribution >= 0.6 is 0 Å². The third kappa shape index (κ3) is 5.48. The van der Waals surface area contributed by atoms with Crippen molar-refractivity contribution in [3.05, 3.63) is 29.8 Å². The van der Waals surface area contributed by atoms with Gasteiger partial charge in [0.15, 0.2) is 0 Å². The normalized spacial score (nSPS) is 18.6. The Hall–Kier alpha value is -1.10. The molecule has 1 aromatic carbocycles. The number of piperidine rings is 1. The summed E-state index contributed by atoms with van der Waals surface area (Å²) in [6.07, 6.45) is 1.91. The Kier molecular flexibility index (Phi) is 6.88. The molecule has 0 saturated carbocycles. The lowest BCUT2D eigenvalue weighted by molar-refractivity contribution is 0.0431. The maximum atomic E-state index is 10.3. The first-order chi connectivity index (χ1) is 11.0. The van der Waals surface area contributed by atoms with Crippen molar-refractivity contribution in [1.29, 1.82) is 0 Å². The molecule has 1 fully saturated rings. The number of likely N-dealkylation sites (N-methyl/N-ethyl adjacent to an activating group) is 1. The molecular formula is C19H32N2O2. The van der Waals surface area contributed by atoms with Gasteiger partial charge in [-0.15, -0.1) is 0 Å². The summed E-state index contributed by atoms with van der Waals surface area (Å²) in [6.45, 7) is 9.87. The average Bonchev–Trinajstić information content (AvgIpc) is 2.54. The quantitative estimate of drug-likeness (QED) is 0.837. The first kappa shape index (κ1) is 18.2. The molecule has 1 aromatic rings. The summed E-state index contributed by atoms with van der Waals surface area (Å²) in [7, 11) is 2.12. The SMILES string of the molecule is Cc1ccccc1OCC(O)CN(C)C1CCN(C(C)C)CC1. The molecule has 1 N–H and O–H groups in total. The van der Waals surface area contributed by atoms with Crippen LogP contribution in [0.25, 0.3) is 0 Å². The maximum Gasteiger partial charge on any atom is 0.122 e. The number of hydrogen-bond donors (Lipinski definition) is 1. The molecule has 23 heavy (non-hydrogen) atoms. The number of aryl methyl sites for hydroxylation is 1. The lowest BCUT2D eigenvalue weighted by Crippen LogP contribution is -2.47. The van der Waals surface area contributed by atoms with Gasteiger partial charge in [-0.25, -0.2) is 0 Å². The Morgan fingerprint density at radius 3 is 2.52 bits per heavy atom. The molecule has 1 unspecified atom stereocenters. The smallest absolute Gasteiger partial charge is 0.122 e. The third-order valence-electron chi connectivity index (χ3n) is 4.88. The fraction of sp³-hybridized carbons (Fsp3) is 0.684. The minimum absolute atomic E-state index is 0.347. The van der Waals surface area contributed by atoms with E-state index in [9.17, 15) is 5.11 Å². The van der Waals surface area contributed by atoms with Crippen molar-refractivity contribution in [2.45, 2.75) is 51.8 Å². The van der Waals surface area contributed by atoms with E-state index in [1.807, 2.05) is 31.2 Å². The van der Waals surface area contributed by atoms with Gasteiger partial charge in [-0.3, -0.25) is 0 Å². The predicted octanol–water partition coefficient (Wildman–Crippen LogP) is 2.54. The summed E-state index contributed by atoms with van der Waals surface area (Å²) < 4.78 is 5.75. The summed E-state index contributed by atoms with van der Waals surface area (Å²) in [5.74, 6) is 0.861. The van der Waals surface area contributed by atoms with E-state index in [-0.39, 0.29) is 0 Å². The zero-order valence-corrected chi connectivity index (χ0v) is 15.0. The van der Waals surface area contributed by atoms with Crippen molar-refractivity contribution in [2.75, 3.05) is 33.3 Å². The second-order valence-corrected chi connectivity index (χ2v) is 7.03. The number of hydrogen-bond acceptors (Lipinski definition) is 4. The van der Waals surface area contributed by atoms with Crippen LogP contribution in [0.4, 0.5) is 0 Å². The van der Waals surface area contributed by atoms with Crippen molar-refractivity contribution in [1.82, 2.24) is 9.80 Å². The molecule has 1 aliphatic rings. The molecule has 0 aliphatic carbocycles. The Balaban J connectivity index is 1.73. The highest BCUT2D eigenvalue weighted by molar-refractivity contribution is 5.31. The highest BCUT2D eigenvalue weighted by atomic mass is 16.5. The first-order valence-corrected chi connectivity index (χ1v) is 8.78. The van der Waals surface area contributed by atoms with E-state index < -0.39 is 6.10 Å². The van der Waals surface area contributed by atoms with Crippen molar-refractivity contribution < 1.29 is 9.84 Å². The van der Waals surface area contributed by atoms with Gasteiger partial charge in [-0.1, -0.05) is 18.2 Å². The zero-order valence-electron chi connectivity index (χ0n) is 15.0. The van der Waals surface area contributed by atoms with E-state index in [0.717, 1.165) is 24.4 Å². The molecule has 2 rings (SSSR count). The summed E-state index contributed by atoms with van der Waals surface area (Å²) >= 11 is 0. The first-order valence-electron chi connectivity index (χ1n) is 8.78. The van der Waals surface area contributed by atoms with Gasteiger partial charge in [0.25, 0.3) is 0 Å². The summed E-state index contributed by atoms with van der Waals surface area (Å²) in [5.41, 5.74) is 1.11. The minimum atomic E-state index is -0.456. The van der Waals surface area contributed by atoms with E-state index in [1.165, 1.54) is 12.8 Å². The fourth-order valence-electron chi connectivity index (χ4n) is 3.28. The van der Waals surface area contributed by atoms with Crippen molar-refractivity contribution in [3.63, 3.8) is 0 Å². The van der Waals surface area contributed by atoms with Gasteiger partial charge in [0, 0.05) is 18.6 Å². The predicted molar refractivity (Wildman–Crippen MR) is 95.0 cm³/mol. The highest BCUT2D eigenvalue weighted by Gasteiger charge is 2.24. The van der Waals surface area contributed by atoms with Gasteiger partial charge in [-0.2, -0.15) is 0 Å². The van der Waals surface area contributed by atoms with Crippen LogP contribution in [0, 0.1) is 6.92 Å². The molecule has 130 valence electrons. The number of aliphatic hydroxyl groups is 1. The van der Waals surface area contributed by atoms with E-state index in [4.69, 9.17) is 4.74 Å². The summed E-state index contributed by atoms with van der Waals surface area (Å²) in [4.78, 5) is 4.83. The monoisotopic (exact) mass is 320 g/mol. The van der Waals surface area contributed by atoms with Gasteiger partial charge in [0.1, 0.15) is 18.5 Å². The van der Waals surface area contributed by atoms with Crippen LogP contribution in [0.15, 0.2) is 24.3 Å². The molecule has 0 bridgehead atoms. The van der Waals surface area contributed by atoms with E-state index in [0.29, 0.717) is 25.2 Å². The minimum Gasteiger partial charge on any atom is -0.491 e. The van der Waals surface area contributed by atoms with Gasteiger partial charge in [0.2, 0.25) is 0 Å². The Bertz CT molecular complexity index is 470. The molecule has 1 aliphatic heterocycles. The Morgan fingerprint density at radius 1 is 1.26 bits per heavy atom. The molecule has 4 heteroatoms. The standard InChI is InChI=1S/C19H32N2O2/c1-15(2)21-11-9-17(10-12-21)20(4)13-18(22)14-23-19-8-6-5-7-16(19)3/h5-8,15,17-18,22H,9-14H2,1-4H3. The van der Waals surface area contributed by atoms with Crippen LogP contribution in [0.5, 0.6) is 5.75 Å². The lowest BCUT2D eigenvalue weighted by Gasteiger charge is -2.39. The Morgan fingerprint density at radius 2 is 1.91 bits per heavy atom. The molecule has 0 amide bonds. The summed E-state index contributed by atoms with van der Waals surface area (Å²) in [6, 6.07) is 9.13. The van der Waals surface area contributed by atoms with Crippen LogP contribution < -0.4 is 4.74 Å². The van der Waals surface area contributed by atoms with Crippen molar-refractivity contribution in [3.8, 4) is 5.75 Å². The molecule has 0 spiro atoms. The number of nitrogens with zero attached hydrogens (tertiary/aromatic N) is 2. The Labute approximate surface area is 141 Å². The van der Waals surface area contributed by atoms with Crippen molar-refractivity contribution in [2.24, 2.45) is 0 Å². The molecule has 0 aromatic heterocycles. The number of aliphatic hydroxyl groups excluding tert-OH is 1. The maximum absolute atomic E-state index is 10.3. The van der Waals surface area contributed by atoms with E-state index >= 15 is 0 Å². The van der Waals surface area contributed by atoms with Gasteiger partial charge < -0.3 is 19.6 Å². The zero-order chi connectivity index (χ0) is 16.8. The van der Waals surface area contributed by atoms with Gasteiger partial charge in [-0.05, 0) is 65.4 Å². The third-order valence-corrected chi connectivity index (χ3v) is 4.88. The van der Waals surface area contributed by atoms with Crippen LogP contribution in [-0.2, 0) is 0 Å². The second kappa shape index (κ2) is 8.67. The lowest BCUT2D eigenvalue weighted by atomic mass is 10.0. The molecule has 4 nitrogen and oxygen atoms in total.